The van der Waals surface area contributed by atoms with Gasteiger partial charge in [0.15, 0.2) is 12.2 Å². The molecule has 24 heavy (non-hydrogen) atoms. The monoisotopic (exact) mass is 344 g/mol. The van der Waals surface area contributed by atoms with Crippen LogP contribution in [-0.2, 0) is 13.0 Å². The van der Waals surface area contributed by atoms with Crippen LogP contribution in [0.15, 0.2) is 59.5 Å². The van der Waals surface area contributed by atoms with Crippen LogP contribution in [0.4, 0.5) is 4.39 Å². The Balaban J connectivity index is 1.55. The summed E-state index contributed by atoms with van der Waals surface area (Å²) in [6.45, 7) is 2.75. The van der Waals surface area contributed by atoms with Crippen LogP contribution < -0.4 is 5.32 Å². The first-order valence-electron chi connectivity index (χ1n) is 7.77. The van der Waals surface area contributed by atoms with Crippen LogP contribution in [0.25, 0.3) is 11.3 Å². The van der Waals surface area contributed by atoms with Crippen molar-refractivity contribution >= 4 is 11.6 Å². The van der Waals surface area contributed by atoms with Crippen molar-refractivity contribution in [3.05, 3.63) is 77.0 Å². The number of hydrogen-bond acceptors (Lipinski definition) is 3. The molecule has 1 heterocycles. The molecule has 0 saturated heterocycles. The third-order valence-electron chi connectivity index (χ3n) is 3.87. The molecule has 5 heteroatoms. The van der Waals surface area contributed by atoms with Gasteiger partial charge in [0.05, 0.1) is 6.20 Å². The Kier molecular flexibility index (Phi) is 5.28. The van der Waals surface area contributed by atoms with Crippen molar-refractivity contribution in [1.29, 1.82) is 0 Å². The summed E-state index contributed by atoms with van der Waals surface area (Å²) in [5.74, 6) is 0.494. The quantitative estimate of drug-likeness (QED) is 0.694. The Labute approximate surface area is 145 Å². The predicted molar refractivity (Wildman–Crippen MR) is 93.4 cm³/mol. The number of rotatable bonds is 6. The third-order valence-corrected chi connectivity index (χ3v) is 4.10. The first kappa shape index (κ1) is 16.7. The predicted octanol–water partition coefficient (Wildman–Crippen LogP) is 4.85. The molecule has 3 rings (SSSR count). The number of aromatic nitrogens is 1. The minimum atomic E-state index is -0.257. The molecule has 1 unspecified atom stereocenters. The fraction of sp³-hybridized carbons (Fsp3) is 0.211. The van der Waals surface area contributed by atoms with Crippen LogP contribution in [0.3, 0.4) is 0 Å². The van der Waals surface area contributed by atoms with Crippen LogP contribution in [-0.4, -0.2) is 11.0 Å². The fourth-order valence-corrected chi connectivity index (χ4v) is 2.69. The molecule has 0 fully saturated rings. The molecule has 2 aromatic carbocycles. The lowest BCUT2D eigenvalue weighted by Crippen LogP contribution is -2.27. The second-order valence-electron chi connectivity index (χ2n) is 5.78. The molecule has 0 aliphatic heterocycles. The largest absolute Gasteiger partial charge is 0.444 e. The van der Waals surface area contributed by atoms with Crippen LogP contribution >= 0.6 is 11.6 Å². The lowest BCUT2D eigenvalue weighted by molar-refractivity contribution is 0.526. The maximum atomic E-state index is 13.8. The zero-order valence-corrected chi connectivity index (χ0v) is 14.1. The summed E-state index contributed by atoms with van der Waals surface area (Å²) in [7, 11) is 0. The van der Waals surface area contributed by atoms with Gasteiger partial charge < -0.3 is 9.73 Å². The van der Waals surface area contributed by atoms with Crippen molar-refractivity contribution in [3.8, 4) is 11.3 Å². The highest BCUT2D eigenvalue weighted by atomic mass is 35.5. The van der Waals surface area contributed by atoms with Crippen molar-refractivity contribution in [2.45, 2.75) is 25.9 Å². The molecule has 0 aliphatic carbocycles. The molecule has 0 bridgehead atoms. The summed E-state index contributed by atoms with van der Waals surface area (Å²) in [6, 6.07) is 13.0. The maximum absolute atomic E-state index is 13.8. The standard InChI is InChI=1S/C19H18ClFN2O/c1-13(8-16-6-7-17(20)9-18(16)21)23-10-14-2-4-15(5-3-14)19-11-22-12-24-19/h2-7,9,11-13,23H,8,10H2,1H3. The summed E-state index contributed by atoms with van der Waals surface area (Å²) < 4.78 is 19.1. The molecule has 0 spiro atoms. The van der Waals surface area contributed by atoms with Gasteiger partial charge in [-0.05, 0) is 36.6 Å². The summed E-state index contributed by atoms with van der Waals surface area (Å²) in [5, 5.41) is 3.83. The Morgan fingerprint density at radius 2 is 2.00 bits per heavy atom. The van der Waals surface area contributed by atoms with Gasteiger partial charge in [0, 0.05) is 23.2 Å². The smallest absolute Gasteiger partial charge is 0.181 e. The minimum absolute atomic E-state index is 0.148. The summed E-state index contributed by atoms with van der Waals surface area (Å²) in [6.07, 6.45) is 3.72. The highest BCUT2D eigenvalue weighted by molar-refractivity contribution is 6.30. The molecule has 1 aromatic heterocycles. The number of hydrogen-bond donors (Lipinski definition) is 1. The zero-order chi connectivity index (χ0) is 16.9. The average Bonchev–Trinajstić information content (AvgIpc) is 3.11. The molecule has 0 amide bonds. The second-order valence-corrected chi connectivity index (χ2v) is 6.22. The van der Waals surface area contributed by atoms with Crippen molar-refractivity contribution in [1.82, 2.24) is 10.3 Å². The number of nitrogens with zero attached hydrogens (tertiary/aromatic N) is 1. The lowest BCUT2D eigenvalue weighted by atomic mass is 10.1. The second kappa shape index (κ2) is 7.60. The van der Waals surface area contributed by atoms with Crippen LogP contribution in [0.5, 0.6) is 0 Å². The van der Waals surface area contributed by atoms with Gasteiger partial charge in [-0.3, -0.25) is 0 Å². The zero-order valence-electron chi connectivity index (χ0n) is 13.3. The molecule has 0 saturated carbocycles. The van der Waals surface area contributed by atoms with Gasteiger partial charge >= 0.3 is 0 Å². The molecule has 1 N–H and O–H groups in total. The Morgan fingerprint density at radius 1 is 1.21 bits per heavy atom. The third kappa shape index (κ3) is 4.22. The number of benzene rings is 2. The van der Waals surface area contributed by atoms with Crippen molar-refractivity contribution < 1.29 is 8.81 Å². The molecule has 3 aromatic rings. The molecule has 1 atom stereocenters. The van der Waals surface area contributed by atoms with E-state index in [4.69, 9.17) is 16.0 Å². The first-order chi connectivity index (χ1) is 11.6. The van der Waals surface area contributed by atoms with E-state index in [-0.39, 0.29) is 11.9 Å². The van der Waals surface area contributed by atoms with E-state index in [0.29, 0.717) is 23.6 Å². The van der Waals surface area contributed by atoms with E-state index >= 15 is 0 Å². The van der Waals surface area contributed by atoms with Gasteiger partial charge in [-0.2, -0.15) is 0 Å². The van der Waals surface area contributed by atoms with Gasteiger partial charge in [0.1, 0.15) is 5.82 Å². The highest BCUT2D eigenvalue weighted by Gasteiger charge is 2.08. The van der Waals surface area contributed by atoms with Crippen LogP contribution in [0.2, 0.25) is 5.02 Å². The van der Waals surface area contributed by atoms with Crippen molar-refractivity contribution in [2.75, 3.05) is 0 Å². The highest BCUT2D eigenvalue weighted by Crippen LogP contribution is 2.19. The summed E-state index contributed by atoms with van der Waals surface area (Å²) in [4.78, 5) is 3.91. The molecule has 0 aliphatic rings. The minimum Gasteiger partial charge on any atom is -0.444 e. The van der Waals surface area contributed by atoms with Crippen LogP contribution in [0.1, 0.15) is 18.1 Å². The summed E-state index contributed by atoms with van der Waals surface area (Å²) in [5.41, 5.74) is 2.81. The van der Waals surface area contributed by atoms with Gasteiger partial charge in [-0.15, -0.1) is 0 Å². The van der Waals surface area contributed by atoms with Gasteiger partial charge in [-0.25, -0.2) is 9.37 Å². The average molecular weight is 345 g/mol. The van der Waals surface area contributed by atoms with Crippen LogP contribution in [0, 0.1) is 5.82 Å². The number of halogens is 2. The van der Waals surface area contributed by atoms with E-state index in [9.17, 15) is 4.39 Å². The van der Waals surface area contributed by atoms with E-state index < -0.39 is 0 Å². The molecular weight excluding hydrogens is 327 g/mol. The first-order valence-corrected chi connectivity index (χ1v) is 8.15. The van der Waals surface area contributed by atoms with E-state index in [0.717, 1.165) is 16.9 Å². The Morgan fingerprint density at radius 3 is 2.67 bits per heavy atom. The van der Waals surface area contributed by atoms with Gasteiger partial charge in [0.2, 0.25) is 0 Å². The number of nitrogens with one attached hydrogen (secondary N) is 1. The van der Waals surface area contributed by atoms with Crippen molar-refractivity contribution in [2.24, 2.45) is 0 Å². The van der Waals surface area contributed by atoms with Crippen molar-refractivity contribution in [3.63, 3.8) is 0 Å². The molecule has 3 nitrogen and oxygen atoms in total. The fourth-order valence-electron chi connectivity index (χ4n) is 2.53. The topological polar surface area (TPSA) is 38.1 Å². The van der Waals surface area contributed by atoms with E-state index in [1.807, 2.05) is 31.2 Å². The van der Waals surface area contributed by atoms with E-state index in [1.54, 1.807) is 18.3 Å². The SMILES string of the molecule is CC(Cc1ccc(Cl)cc1F)NCc1ccc(-c2cnco2)cc1. The number of oxazole rings is 1. The summed E-state index contributed by atoms with van der Waals surface area (Å²) >= 11 is 5.78. The Bertz CT molecular complexity index is 788. The van der Waals surface area contributed by atoms with Gasteiger partial charge in [0.25, 0.3) is 0 Å². The lowest BCUT2D eigenvalue weighted by Gasteiger charge is -2.15. The molecule has 124 valence electrons. The molecule has 0 radical (unpaired) electrons. The van der Waals surface area contributed by atoms with E-state index in [2.05, 4.69) is 10.3 Å². The van der Waals surface area contributed by atoms with E-state index in [1.165, 1.54) is 12.5 Å². The van der Waals surface area contributed by atoms with Gasteiger partial charge in [-0.1, -0.05) is 41.9 Å². The molecular formula is C19H18ClFN2O. The Hall–Kier alpha value is -2.17. The maximum Gasteiger partial charge on any atom is 0.181 e. The normalized spacial score (nSPS) is 12.3.